The highest BCUT2D eigenvalue weighted by atomic mass is 16.7. The first-order valence-corrected chi connectivity index (χ1v) is 22.2. The van der Waals surface area contributed by atoms with E-state index >= 15 is 0 Å². The Balaban J connectivity index is 1.11. The van der Waals surface area contributed by atoms with Crippen LogP contribution in [0.3, 0.4) is 0 Å². The van der Waals surface area contributed by atoms with Gasteiger partial charge in [-0.2, -0.15) is 5.06 Å². The zero-order valence-electron chi connectivity index (χ0n) is 36.9. The van der Waals surface area contributed by atoms with E-state index in [9.17, 15) is 19.8 Å². The largest absolute Gasteiger partial charge is 0.492 e. The molecule has 0 radical (unpaired) electrons. The summed E-state index contributed by atoms with van der Waals surface area (Å²) < 4.78 is 6.76. The minimum absolute atomic E-state index is 0.0395. The van der Waals surface area contributed by atoms with Crippen molar-refractivity contribution in [3.05, 3.63) is 83.4 Å². The molecule has 0 aromatic heterocycles. The van der Waals surface area contributed by atoms with E-state index in [1.165, 1.54) is 6.42 Å². The fourth-order valence-corrected chi connectivity index (χ4v) is 11.1. The van der Waals surface area contributed by atoms with Crippen molar-refractivity contribution in [1.29, 1.82) is 0 Å². The Kier molecular flexibility index (Phi) is 11.6. The maximum atomic E-state index is 14.7. The van der Waals surface area contributed by atoms with E-state index in [1.54, 1.807) is 12.0 Å². The molecule has 3 aromatic carbocycles. The lowest BCUT2D eigenvalue weighted by molar-refractivity contribution is -0.183. The van der Waals surface area contributed by atoms with Gasteiger partial charge >= 0.3 is 0 Å². The van der Waals surface area contributed by atoms with Crippen LogP contribution in [0.5, 0.6) is 5.75 Å². The van der Waals surface area contributed by atoms with Crippen LogP contribution in [0.25, 0.3) is 11.1 Å². The number of ether oxygens (including phenoxy) is 1. The highest BCUT2D eigenvalue weighted by Crippen LogP contribution is 2.66. The van der Waals surface area contributed by atoms with E-state index in [2.05, 4.69) is 54.5 Å². The van der Waals surface area contributed by atoms with E-state index in [0.29, 0.717) is 61.0 Å². The predicted octanol–water partition coefficient (Wildman–Crippen LogP) is 5.92. The van der Waals surface area contributed by atoms with Crippen molar-refractivity contribution >= 4 is 17.5 Å². The Morgan fingerprint density at radius 2 is 1.73 bits per heavy atom. The number of hydroxylamine groups is 2. The molecular weight excluding hydrogens is 755 g/mol. The Labute approximate surface area is 356 Å². The predicted molar refractivity (Wildman–Crippen MR) is 234 cm³/mol. The van der Waals surface area contributed by atoms with Gasteiger partial charge in [0.05, 0.1) is 30.8 Å². The third kappa shape index (κ3) is 8.08. The van der Waals surface area contributed by atoms with Crippen LogP contribution in [0.2, 0.25) is 0 Å². The zero-order valence-corrected chi connectivity index (χ0v) is 36.9. The molecule has 3 aromatic rings. The summed E-state index contributed by atoms with van der Waals surface area (Å²) in [7, 11) is 7.98. The summed E-state index contributed by atoms with van der Waals surface area (Å²) in [5.74, 6) is 2.30. The second-order valence-corrected chi connectivity index (χ2v) is 20.1. The normalized spacial score (nSPS) is 30.8. The van der Waals surface area contributed by atoms with Crippen LogP contribution in [-0.4, -0.2) is 110 Å². The molecule has 6 aliphatic rings. The Morgan fingerprint density at radius 3 is 2.35 bits per heavy atom. The molecule has 11 heteroatoms. The van der Waals surface area contributed by atoms with Gasteiger partial charge in [0, 0.05) is 55.1 Å². The van der Waals surface area contributed by atoms with Crippen molar-refractivity contribution in [2.75, 3.05) is 52.8 Å². The number of likely N-dealkylation sites (N-methyl/N-ethyl adjacent to an activating group) is 1. The first-order valence-electron chi connectivity index (χ1n) is 22.2. The van der Waals surface area contributed by atoms with Gasteiger partial charge in [0.15, 0.2) is 0 Å². The first kappa shape index (κ1) is 42.7. The van der Waals surface area contributed by atoms with Crippen LogP contribution in [-0.2, 0) is 22.6 Å². The van der Waals surface area contributed by atoms with Crippen LogP contribution in [0.4, 0.5) is 5.69 Å². The van der Waals surface area contributed by atoms with Crippen molar-refractivity contribution in [3.8, 4) is 16.9 Å². The maximum absolute atomic E-state index is 14.7. The molecule has 60 heavy (non-hydrogen) atoms. The number of carbonyl (C=O) groups excluding carboxylic acids is 2. The molecule has 5 aliphatic carbocycles. The minimum Gasteiger partial charge on any atom is -0.492 e. The number of fused-ring (bicyclic) bond motifs is 2. The molecule has 5 saturated carbocycles. The molecule has 2 bridgehead atoms. The van der Waals surface area contributed by atoms with Crippen molar-refractivity contribution in [3.63, 3.8) is 0 Å². The third-order valence-electron chi connectivity index (χ3n) is 15.1. The second-order valence-electron chi connectivity index (χ2n) is 20.1. The highest BCUT2D eigenvalue weighted by molar-refractivity contribution is 5.97. The fourth-order valence-electron chi connectivity index (χ4n) is 11.1. The van der Waals surface area contributed by atoms with Gasteiger partial charge in [-0.3, -0.25) is 14.4 Å². The van der Waals surface area contributed by atoms with Gasteiger partial charge in [-0.05, 0) is 118 Å². The fraction of sp³-hybridized carbons (Fsp3) is 0.592. The number of aliphatic hydroxyl groups excluding tert-OH is 1. The van der Waals surface area contributed by atoms with Gasteiger partial charge in [0.25, 0.3) is 5.91 Å². The smallest absolute Gasteiger partial charge is 0.251 e. The number of rotatable bonds is 16. The Hall–Kier alpha value is -4.00. The first-order chi connectivity index (χ1) is 28.5. The molecule has 2 amide bonds. The van der Waals surface area contributed by atoms with Gasteiger partial charge in [-0.1, -0.05) is 69.3 Å². The van der Waals surface area contributed by atoms with Gasteiger partial charge in [-0.25, -0.2) is 0 Å². The summed E-state index contributed by atoms with van der Waals surface area (Å²) in [4.78, 5) is 39.5. The lowest BCUT2D eigenvalue weighted by Gasteiger charge is -2.62. The molecule has 6 fully saturated rings. The van der Waals surface area contributed by atoms with Crippen LogP contribution < -0.4 is 20.3 Å². The summed E-state index contributed by atoms with van der Waals surface area (Å²) in [5, 5.41) is 30.8. The van der Waals surface area contributed by atoms with Gasteiger partial charge < -0.3 is 35.4 Å². The number of carbonyl (C=O) groups is 2. The Bertz CT molecular complexity index is 2050. The monoisotopic (exact) mass is 822 g/mol. The molecule has 9 rings (SSSR count). The minimum atomic E-state index is -1.18. The van der Waals surface area contributed by atoms with Crippen LogP contribution in [0.15, 0.2) is 66.7 Å². The SMILES string of the molecule is C[C@@H]1[C@@H](NC(=O)[C@H]2N(Cc3cccc(-c4cc(C(=O)N[C@@H](Cc5ccccc5)CN(C)C)cc(N(C)C)c4)c3OCC3CC3)O[C@@H](CO)[C@]23CC3(C)O)C[C@H]2C[C@@H]1C2(C)C. The van der Waals surface area contributed by atoms with Crippen molar-refractivity contribution < 1.29 is 29.4 Å². The summed E-state index contributed by atoms with van der Waals surface area (Å²) in [6.07, 6.45) is 4.69. The molecule has 1 unspecified atom stereocenters. The molecular formula is C49H67N5O6. The maximum Gasteiger partial charge on any atom is 0.251 e. The number of anilines is 1. The summed E-state index contributed by atoms with van der Waals surface area (Å²) in [5.41, 5.74) is 3.24. The molecule has 324 valence electrons. The summed E-state index contributed by atoms with van der Waals surface area (Å²) >= 11 is 0. The number of nitrogens with zero attached hydrogens (tertiary/aromatic N) is 3. The van der Waals surface area contributed by atoms with E-state index in [-0.39, 0.29) is 42.5 Å². The number of hydrogen-bond acceptors (Lipinski definition) is 9. The van der Waals surface area contributed by atoms with Crippen molar-refractivity contribution in [1.82, 2.24) is 20.6 Å². The molecule has 11 nitrogen and oxygen atoms in total. The quantitative estimate of drug-likeness (QED) is 0.140. The van der Waals surface area contributed by atoms with Crippen LogP contribution in [0, 0.1) is 34.5 Å². The van der Waals surface area contributed by atoms with Gasteiger partial charge in [0.1, 0.15) is 17.9 Å². The zero-order chi connectivity index (χ0) is 42.7. The number of amides is 2. The van der Waals surface area contributed by atoms with E-state index in [0.717, 1.165) is 47.2 Å². The number of aliphatic hydroxyl groups is 2. The molecule has 1 heterocycles. The number of hydrogen-bond donors (Lipinski definition) is 4. The summed E-state index contributed by atoms with van der Waals surface area (Å²) in [6, 6.07) is 21.3. The molecule has 4 N–H and O–H groups in total. The molecule has 1 saturated heterocycles. The van der Waals surface area contributed by atoms with E-state index in [1.807, 2.05) is 81.6 Å². The van der Waals surface area contributed by atoms with E-state index in [4.69, 9.17) is 9.57 Å². The lowest BCUT2D eigenvalue weighted by atomic mass is 9.45. The third-order valence-corrected chi connectivity index (χ3v) is 15.1. The Morgan fingerprint density at radius 1 is 1.00 bits per heavy atom. The molecule has 1 aliphatic heterocycles. The second kappa shape index (κ2) is 16.4. The van der Waals surface area contributed by atoms with Gasteiger partial charge in [-0.15, -0.1) is 0 Å². The topological polar surface area (TPSA) is 127 Å². The van der Waals surface area contributed by atoms with E-state index < -0.39 is 23.2 Å². The number of benzene rings is 3. The number of para-hydroxylation sites is 1. The molecule has 1 spiro atoms. The average molecular weight is 822 g/mol. The lowest BCUT2D eigenvalue weighted by Crippen LogP contribution is -2.62. The summed E-state index contributed by atoms with van der Waals surface area (Å²) in [6.45, 7) is 9.85. The van der Waals surface area contributed by atoms with Crippen LogP contribution in [0.1, 0.15) is 81.3 Å². The van der Waals surface area contributed by atoms with Crippen molar-refractivity contribution in [2.24, 2.45) is 34.5 Å². The standard InChI is InChI=1S/C49H67N5O6/c1-30-40-23-36(47(40,2)3)24-41(30)51-46(57)44-49(29-48(49,4)58)42(27-55)60-54(44)25-33-15-12-16-39(43(33)59-28-32-17-18-32)34-20-35(22-38(21-34)53(7)8)45(56)50-37(26-52(5)6)19-31-13-10-9-11-14-31/h9-16,20-22,30,32,36-37,40-42,44,55,58H,17-19,23-29H2,1-8H3,(H,50,56)(H,51,57)/t30-,36+,37-,40-,41-,42-,44+,48?,49+/m0/s1. The number of nitrogens with one attached hydrogen (secondary N) is 2. The van der Waals surface area contributed by atoms with Crippen molar-refractivity contribution in [2.45, 2.75) is 103 Å². The molecule has 9 atom stereocenters. The van der Waals surface area contributed by atoms with Crippen LogP contribution >= 0.6 is 0 Å². The highest BCUT2D eigenvalue weighted by Gasteiger charge is 2.78. The average Bonchev–Trinajstić information content (AvgIpc) is 4.10. The van der Waals surface area contributed by atoms with Gasteiger partial charge in [0.2, 0.25) is 5.91 Å².